The number of thioether (sulfide) groups is 1. The number of ether oxygens (including phenoxy) is 1. The van der Waals surface area contributed by atoms with Gasteiger partial charge in [-0.25, -0.2) is 4.98 Å². The van der Waals surface area contributed by atoms with Crippen molar-refractivity contribution in [3.63, 3.8) is 0 Å². The van der Waals surface area contributed by atoms with Gasteiger partial charge in [0.15, 0.2) is 5.16 Å². The molecule has 5 nitrogen and oxygen atoms in total. The number of aromatic amines is 1. The summed E-state index contributed by atoms with van der Waals surface area (Å²) in [5.74, 6) is 0.214. The standard InChI is InChI=1S/C11H11N3O2S/c1-17-11-13-6-9(10(15)14-11)16-7-8-3-2-4-12-5-8/h2-6H,7H2,1H3,(H,13,14,15). The smallest absolute Gasteiger partial charge is 0.293 e. The highest BCUT2D eigenvalue weighted by Gasteiger charge is 2.03. The van der Waals surface area contributed by atoms with Crippen LogP contribution < -0.4 is 10.3 Å². The lowest BCUT2D eigenvalue weighted by atomic mass is 10.3. The fourth-order valence-electron chi connectivity index (χ4n) is 1.22. The van der Waals surface area contributed by atoms with Crippen LogP contribution in [0.3, 0.4) is 0 Å². The Bertz CT molecular complexity index is 542. The van der Waals surface area contributed by atoms with Gasteiger partial charge in [0.1, 0.15) is 6.61 Å². The van der Waals surface area contributed by atoms with Crippen molar-refractivity contribution in [3.05, 3.63) is 46.6 Å². The molecule has 0 aliphatic carbocycles. The third kappa shape index (κ3) is 3.07. The van der Waals surface area contributed by atoms with Crippen molar-refractivity contribution in [1.29, 1.82) is 0 Å². The molecule has 2 aromatic heterocycles. The number of nitrogens with zero attached hydrogens (tertiary/aromatic N) is 2. The summed E-state index contributed by atoms with van der Waals surface area (Å²) in [5, 5.41) is 0.573. The van der Waals surface area contributed by atoms with Crippen LogP contribution in [0, 0.1) is 0 Å². The number of aromatic nitrogens is 3. The zero-order valence-corrected chi connectivity index (χ0v) is 10.0. The van der Waals surface area contributed by atoms with E-state index < -0.39 is 0 Å². The molecule has 0 fully saturated rings. The normalized spacial score (nSPS) is 10.2. The van der Waals surface area contributed by atoms with E-state index in [2.05, 4.69) is 15.0 Å². The molecule has 88 valence electrons. The highest BCUT2D eigenvalue weighted by Crippen LogP contribution is 2.09. The van der Waals surface area contributed by atoms with Crippen LogP contribution in [0.15, 0.2) is 40.7 Å². The minimum Gasteiger partial charge on any atom is -0.482 e. The second kappa shape index (κ2) is 5.49. The van der Waals surface area contributed by atoms with Crippen LogP contribution in [0.5, 0.6) is 5.75 Å². The third-order valence-electron chi connectivity index (χ3n) is 2.05. The Morgan fingerprint density at radius 3 is 3.00 bits per heavy atom. The van der Waals surface area contributed by atoms with Crippen molar-refractivity contribution < 1.29 is 4.74 Å². The molecule has 1 N–H and O–H groups in total. The molecule has 0 aliphatic rings. The Kier molecular flexibility index (Phi) is 3.77. The van der Waals surface area contributed by atoms with Crippen molar-refractivity contribution in [2.75, 3.05) is 6.26 Å². The summed E-state index contributed by atoms with van der Waals surface area (Å²) in [4.78, 5) is 22.2. The second-order valence-corrected chi connectivity index (χ2v) is 4.03. The van der Waals surface area contributed by atoms with Crippen molar-refractivity contribution in [1.82, 2.24) is 15.0 Å². The first kappa shape index (κ1) is 11.7. The molecule has 0 amide bonds. The molecule has 0 bridgehead atoms. The largest absolute Gasteiger partial charge is 0.482 e. The molecule has 2 heterocycles. The zero-order valence-electron chi connectivity index (χ0n) is 9.21. The predicted octanol–water partition coefficient (Wildman–Crippen LogP) is 1.47. The van der Waals surface area contributed by atoms with Gasteiger partial charge in [-0.05, 0) is 12.3 Å². The molecule has 0 atom stereocenters. The van der Waals surface area contributed by atoms with E-state index >= 15 is 0 Å². The van der Waals surface area contributed by atoms with Crippen LogP contribution in [0.2, 0.25) is 0 Å². The van der Waals surface area contributed by atoms with E-state index in [0.717, 1.165) is 5.56 Å². The molecule has 2 rings (SSSR count). The summed E-state index contributed by atoms with van der Waals surface area (Å²) >= 11 is 1.37. The minimum atomic E-state index is -0.270. The lowest BCUT2D eigenvalue weighted by Gasteiger charge is -2.04. The zero-order chi connectivity index (χ0) is 12.1. The van der Waals surface area contributed by atoms with Crippen molar-refractivity contribution in [3.8, 4) is 5.75 Å². The summed E-state index contributed by atoms with van der Waals surface area (Å²) < 4.78 is 5.37. The van der Waals surface area contributed by atoms with Crippen LogP contribution in [0.25, 0.3) is 0 Å². The summed E-state index contributed by atoms with van der Waals surface area (Å²) in [6.07, 6.45) is 6.65. The lowest BCUT2D eigenvalue weighted by molar-refractivity contribution is 0.299. The molecule has 0 saturated carbocycles. The molecule has 0 unspecified atom stereocenters. The van der Waals surface area contributed by atoms with E-state index in [4.69, 9.17) is 4.74 Å². The fraction of sp³-hybridized carbons (Fsp3) is 0.182. The fourth-order valence-corrected chi connectivity index (χ4v) is 1.57. The molecular formula is C11H11N3O2S. The number of H-pyrrole nitrogens is 1. The maximum absolute atomic E-state index is 11.6. The van der Waals surface area contributed by atoms with E-state index in [1.54, 1.807) is 12.4 Å². The van der Waals surface area contributed by atoms with Crippen molar-refractivity contribution in [2.45, 2.75) is 11.8 Å². The molecule has 6 heteroatoms. The highest BCUT2D eigenvalue weighted by atomic mass is 32.2. The molecular weight excluding hydrogens is 238 g/mol. The quantitative estimate of drug-likeness (QED) is 0.656. The van der Waals surface area contributed by atoms with Crippen LogP contribution in [0.1, 0.15) is 5.56 Å². The van der Waals surface area contributed by atoms with E-state index in [-0.39, 0.29) is 11.3 Å². The number of pyridine rings is 1. The first-order valence-corrected chi connectivity index (χ1v) is 6.17. The predicted molar refractivity (Wildman–Crippen MR) is 65.2 cm³/mol. The highest BCUT2D eigenvalue weighted by molar-refractivity contribution is 7.98. The van der Waals surface area contributed by atoms with Crippen molar-refractivity contribution in [2.24, 2.45) is 0 Å². The molecule has 0 saturated heterocycles. The van der Waals surface area contributed by atoms with E-state index in [0.29, 0.717) is 11.8 Å². The molecule has 0 aromatic carbocycles. The average molecular weight is 249 g/mol. The Balaban J connectivity index is 2.07. The van der Waals surface area contributed by atoms with Crippen LogP contribution in [-0.4, -0.2) is 21.2 Å². The van der Waals surface area contributed by atoms with Gasteiger partial charge >= 0.3 is 0 Å². The van der Waals surface area contributed by atoms with Gasteiger partial charge in [0.25, 0.3) is 5.56 Å². The van der Waals surface area contributed by atoms with Gasteiger partial charge in [-0.3, -0.25) is 14.8 Å². The Labute approximate surface area is 102 Å². The maximum atomic E-state index is 11.6. The number of hydrogen-bond acceptors (Lipinski definition) is 5. The van der Waals surface area contributed by atoms with Gasteiger partial charge < -0.3 is 4.74 Å². The monoisotopic (exact) mass is 249 g/mol. The van der Waals surface area contributed by atoms with Gasteiger partial charge in [-0.1, -0.05) is 17.8 Å². The van der Waals surface area contributed by atoms with Gasteiger partial charge in [-0.15, -0.1) is 0 Å². The molecule has 0 aliphatic heterocycles. The number of rotatable bonds is 4. The molecule has 0 spiro atoms. The van der Waals surface area contributed by atoms with Crippen LogP contribution >= 0.6 is 11.8 Å². The van der Waals surface area contributed by atoms with Gasteiger partial charge in [-0.2, -0.15) is 0 Å². The van der Waals surface area contributed by atoms with E-state index in [1.807, 2.05) is 18.4 Å². The number of nitrogens with one attached hydrogen (secondary N) is 1. The van der Waals surface area contributed by atoms with E-state index in [9.17, 15) is 4.79 Å². The summed E-state index contributed by atoms with van der Waals surface area (Å²) in [7, 11) is 0. The Morgan fingerprint density at radius 1 is 1.47 bits per heavy atom. The maximum Gasteiger partial charge on any atom is 0.293 e. The van der Waals surface area contributed by atoms with Gasteiger partial charge in [0.05, 0.1) is 6.20 Å². The Hall–Kier alpha value is -1.82. The minimum absolute atomic E-state index is 0.214. The Morgan fingerprint density at radius 2 is 2.35 bits per heavy atom. The third-order valence-corrected chi connectivity index (χ3v) is 2.65. The topological polar surface area (TPSA) is 67.9 Å². The lowest BCUT2D eigenvalue weighted by Crippen LogP contribution is -2.12. The van der Waals surface area contributed by atoms with Crippen LogP contribution in [-0.2, 0) is 6.61 Å². The van der Waals surface area contributed by atoms with Crippen molar-refractivity contribution >= 4 is 11.8 Å². The van der Waals surface area contributed by atoms with E-state index in [1.165, 1.54) is 18.0 Å². The average Bonchev–Trinajstić information content (AvgIpc) is 2.38. The first-order chi connectivity index (χ1) is 8.29. The summed E-state index contributed by atoms with van der Waals surface area (Å²) in [6, 6.07) is 3.70. The second-order valence-electron chi connectivity index (χ2n) is 3.24. The summed E-state index contributed by atoms with van der Waals surface area (Å²) in [5.41, 5.74) is 0.633. The molecule has 2 aromatic rings. The van der Waals surface area contributed by atoms with Crippen LogP contribution in [0.4, 0.5) is 0 Å². The van der Waals surface area contributed by atoms with Gasteiger partial charge in [0.2, 0.25) is 5.75 Å². The number of hydrogen-bond donors (Lipinski definition) is 1. The SMILES string of the molecule is CSc1ncc(OCc2cccnc2)c(=O)[nH]1. The molecule has 17 heavy (non-hydrogen) atoms. The van der Waals surface area contributed by atoms with Gasteiger partial charge in [0, 0.05) is 18.0 Å². The first-order valence-electron chi connectivity index (χ1n) is 4.94. The molecule has 0 radical (unpaired) electrons. The summed E-state index contributed by atoms with van der Waals surface area (Å²) in [6.45, 7) is 0.303.